The molecular weight excluding hydrogens is 456 g/mol. The number of hydrogen-bond donors (Lipinski definition) is 1. The second-order valence-corrected chi connectivity index (χ2v) is 14.0. The fraction of sp³-hybridized carbons (Fsp3) is 0.900. The van der Waals surface area contributed by atoms with Crippen LogP contribution in [0.25, 0.3) is 0 Å². The molecule has 1 N–H and O–H groups in total. The molecule has 4 saturated carbocycles. The van der Waals surface area contributed by atoms with Gasteiger partial charge in [0.2, 0.25) is 0 Å². The highest BCUT2D eigenvalue weighted by Gasteiger charge is 2.73. The second-order valence-electron chi connectivity index (χ2n) is 14.0. The lowest BCUT2D eigenvalue weighted by Gasteiger charge is -2.55. The smallest absolute Gasteiger partial charge is 0.305 e. The molecule has 9 atom stereocenters. The number of esters is 2. The van der Waals surface area contributed by atoms with Crippen LogP contribution < -0.4 is 0 Å². The first-order valence-corrected chi connectivity index (χ1v) is 14.1. The van der Waals surface area contributed by atoms with Crippen LogP contribution in [-0.2, 0) is 23.9 Å². The zero-order valence-electron chi connectivity index (χ0n) is 23.7. The summed E-state index contributed by atoms with van der Waals surface area (Å²) in [5, 5.41) is 12.5. The van der Waals surface area contributed by atoms with E-state index in [-0.39, 0.29) is 46.5 Å². The molecule has 4 aliphatic rings. The zero-order chi connectivity index (χ0) is 26.9. The van der Waals surface area contributed by atoms with E-state index in [1.54, 1.807) is 0 Å². The first-order chi connectivity index (χ1) is 16.6. The SMILES string of the molecule is COC(=O)CC[C@@H](C)[C@H]1CC[C@@]2(C)C(=O)[C@H]3C[C@H]4C(C)(C)[C@@H](OC(C)=O)CC[C@]4(C)[C@@]3(O)CC[C@]12C. The van der Waals surface area contributed by atoms with E-state index in [9.17, 15) is 19.5 Å². The molecule has 6 heteroatoms. The highest BCUT2D eigenvalue weighted by molar-refractivity contribution is 5.90. The Balaban J connectivity index is 1.66. The highest BCUT2D eigenvalue weighted by atomic mass is 16.5. The molecule has 0 heterocycles. The Morgan fingerprint density at radius 2 is 1.69 bits per heavy atom. The number of aliphatic hydroxyl groups is 1. The third kappa shape index (κ3) is 3.63. The van der Waals surface area contributed by atoms with Crippen molar-refractivity contribution in [2.45, 2.75) is 118 Å². The van der Waals surface area contributed by atoms with Gasteiger partial charge in [0.05, 0.1) is 12.7 Å². The summed E-state index contributed by atoms with van der Waals surface area (Å²) in [5.74, 6) is 0.143. The number of carbonyl (C=O) groups excluding carboxylic acids is 3. The fourth-order valence-electron chi connectivity index (χ4n) is 9.85. The molecule has 0 aromatic rings. The van der Waals surface area contributed by atoms with Crippen LogP contribution in [0.2, 0.25) is 0 Å². The van der Waals surface area contributed by atoms with Crippen molar-refractivity contribution in [1.82, 2.24) is 0 Å². The third-order valence-corrected chi connectivity index (χ3v) is 12.4. The summed E-state index contributed by atoms with van der Waals surface area (Å²) in [6.07, 6.45) is 6.34. The lowest BCUT2D eigenvalue weighted by molar-refractivity contribution is -0.183. The minimum Gasteiger partial charge on any atom is -0.469 e. The van der Waals surface area contributed by atoms with Gasteiger partial charge in [0.15, 0.2) is 0 Å². The Hall–Kier alpha value is -1.43. The molecule has 0 aliphatic heterocycles. The molecule has 0 unspecified atom stereocenters. The maximum atomic E-state index is 14.6. The summed E-state index contributed by atoms with van der Waals surface area (Å²) in [6, 6.07) is 0. The topological polar surface area (TPSA) is 89.9 Å². The largest absolute Gasteiger partial charge is 0.469 e. The third-order valence-electron chi connectivity index (χ3n) is 12.4. The van der Waals surface area contributed by atoms with Gasteiger partial charge in [-0.3, -0.25) is 14.4 Å². The summed E-state index contributed by atoms with van der Waals surface area (Å²) < 4.78 is 10.6. The lowest BCUT2D eigenvalue weighted by Crippen LogP contribution is -2.57. The fourth-order valence-corrected chi connectivity index (χ4v) is 9.85. The molecule has 0 aromatic heterocycles. The molecule has 0 spiro atoms. The van der Waals surface area contributed by atoms with Gasteiger partial charge in [0.25, 0.3) is 0 Å². The molecule has 0 amide bonds. The van der Waals surface area contributed by atoms with Crippen molar-refractivity contribution in [2.75, 3.05) is 7.11 Å². The van der Waals surface area contributed by atoms with Gasteiger partial charge in [0.1, 0.15) is 11.9 Å². The highest BCUT2D eigenvalue weighted by Crippen LogP contribution is 2.72. The Kier molecular flexibility index (Phi) is 6.76. The number of fused-ring (bicyclic) bond motifs is 4. The van der Waals surface area contributed by atoms with Crippen molar-refractivity contribution in [3.05, 3.63) is 0 Å². The van der Waals surface area contributed by atoms with Gasteiger partial charge in [-0.2, -0.15) is 0 Å². The van der Waals surface area contributed by atoms with Crippen LogP contribution in [0.15, 0.2) is 0 Å². The lowest BCUT2D eigenvalue weighted by atomic mass is 9.52. The second kappa shape index (κ2) is 8.81. The Morgan fingerprint density at radius 3 is 2.31 bits per heavy atom. The monoisotopic (exact) mass is 504 g/mol. The van der Waals surface area contributed by atoms with Crippen LogP contribution in [0.4, 0.5) is 0 Å². The number of Topliss-reactive ketones (excluding diaryl/α,β-unsaturated/α-hetero) is 1. The van der Waals surface area contributed by atoms with Crippen LogP contribution in [0, 0.1) is 45.3 Å². The number of rotatable bonds is 5. The van der Waals surface area contributed by atoms with Gasteiger partial charge in [-0.15, -0.1) is 0 Å². The van der Waals surface area contributed by atoms with E-state index in [1.165, 1.54) is 14.0 Å². The molecule has 0 bridgehead atoms. The van der Waals surface area contributed by atoms with Gasteiger partial charge < -0.3 is 14.6 Å². The van der Waals surface area contributed by atoms with Crippen LogP contribution >= 0.6 is 0 Å². The van der Waals surface area contributed by atoms with Crippen molar-refractivity contribution in [1.29, 1.82) is 0 Å². The summed E-state index contributed by atoms with van der Waals surface area (Å²) in [5.41, 5.74) is -2.47. The minimum absolute atomic E-state index is 0.103. The molecule has 0 saturated heterocycles. The molecule has 36 heavy (non-hydrogen) atoms. The summed E-state index contributed by atoms with van der Waals surface area (Å²) in [7, 11) is 1.43. The molecule has 6 nitrogen and oxygen atoms in total. The molecule has 0 radical (unpaired) electrons. The normalized spacial score (nSPS) is 46.2. The predicted molar refractivity (Wildman–Crippen MR) is 137 cm³/mol. The zero-order valence-corrected chi connectivity index (χ0v) is 23.7. The summed E-state index contributed by atoms with van der Waals surface area (Å²) in [4.78, 5) is 38.2. The molecule has 0 aromatic carbocycles. The van der Waals surface area contributed by atoms with Crippen LogP contribution in [0.1, 0.15) is 106 Å². The van der Waals surface area contributed by atoms with Gasteiger partial charge in [-0.25, -0.2) is 0 Å². The average Bonchev–Trinajstić information content (AvgIpc) is 3.19. The van der Waals surface area contributed by atoms with Crippen LogP contribution in [0.5, 0.6) is 0 Å². The number of carbonyl (C=O) groups is 3. The van der Waals surface area contributed by atoms with Gasteiger partial charge in [-0.05, 0) is 74.5 Å². The summed E-state index contributed by atoms with van der Waals surface area (Å²) in [6.45, 7) is 14.6. The Morgan fingerprint density at radius 1 is 1.03 bits per heavy atom. The molecule has 4 aliphatic carbocycles. The van der Waals surface area contributed by atoms with E-state index in [0.717, 1.165) is 32.1 Å². The van der Waals surface area contributed by atoms with Crippen LogP contribution in [-0.4, -0.2) is 41.6 Å². The van der Waals surface area contributed by atoms with Crippen molar-refractivity contribution >= 4 is 17.7 Å². The Bertz CT molecular complexity index is 926. The number of ketones is 1. The van der Waals surface area contributed by atoms with E-state index in [4.69, 9.17) is 9.47 Å². The van der Waals surface area contributed by atoms with Gasteiger partial charge in [-0.1, -0.05) is 41.5 Å². The van der Waals surface area contributed by atoms with E-state index >= 15 is 0 Å². The molecule has 4 rings (SSSR count). The summed E-state index contributed by atoms with van der Waals surface area (Å²) >= 11 is 0. The van der Waals surface area contributed by atoms with Crippen molar-refractivity contribution < 1.29 is 29.0 Å². The standard InChI is InChI=1S/C30H48O6/c1-18(9-10-24(32)35-8)20-11-13-29(7)25(33)21-17-22-26(3,4)23(36-19(2)31)12-14-28(22,6)30(21,34)16-15-27(20,29)5/h18,20-23,34H,9-17H2,1-8H3/t18-,20-,21-,22+,23+,27-,28+,29+,30-/m1/s1. The van der Waals surface area contributed by atoms with E-state index in [1.807, 2.05) is 0 Å². The van der Waals surface area contributed by atoms with Crippen molar-refractivity contribution in [3.8, 4) is 0 Å². The average molecular weight is 505 g/mol. The van der Waals surface area contributed by atoms with Gasteiger partial charge in [0, 0.05) is 35.5 Å². The van der Waals surface area contributed by atoms with E-state index in [0.29, 0.717) is 37.5 Å². The Labute approximate surface area is 217 Å². The number of ether oxygens (including phenoxy) is 2. The first kappa shape index (κ1) is 27.6. The minimum atomic E-state index is -1.05. The number of methoxy groups -OCH3 is 1. The van der Waals surface area contributed by atoms with Gasteiger partial charge >= 0.3 is 11.9 Å². The molecule has 204 valence electrons. The number of hydrogen-bond acceptors (Lipinski definition) is 6. The van der Waals surface area contributed by atoms with Crippen LogP contribution in [0.3, 0.4) is 0 Å². The molecule has 4 fully saturated rings. The van der Waals surface area contributed by atoms with Crippen molar-refractivity contribution in [2.24, 2.45) is 45.3 Å². The predicted octanol–water partition coefficient (Wildman–Crippen LogP) is 5.49. The molecular formula is C30H48O6. The first-order valence-electron chi connectivity index (χ1n) is 14.1. The van der Waals surface area contributed by atoms with Crippen molar-refractivity contribution in [3.63, 3.8) is 0 Å². The quantitative estimate of drug-likeness (QED) is 0.498. The maximum absolute atomic E-state index is 14.6. The maximum Gasteiger partial charge on any atom is 0.305 e. The van der Waals surface area contributed by atoms with E-state index in [2.05, 4.69) is 41.5 Å². The van der Waals surface area contributed by atoms with E-state index < -0.39 is 16.4 Å².